The van der Waals surface area contributed by atoms with Crippen LogP contribution in [0.5, 0.6) is 0 Å². The number of aliphatic hydroxyl groups is 1. The van der Waals surface area contributed by atoms with Gasteiger partial charge in [0.1, 0.15) is 5.69 Å². The molecule has 0 spiro atoms. The van der Waals surface area contributed by atoms with Gasteiger partial charge in [-0.3, -0.25) is 9.89 Å². The smallest absolute Gasteiger partial charge is 0.271 e. The normalized spacial score (nSPS) is 13.4. The Balaban J connectivity index is 2.50. The summed E-state index contributed by atoms with van der Waals surface area (Å²) in [5, 5.41) is 19.0. The van der Waals surface area contributed by atoms with Gasteiger partial charge in [0.05, 0.1) is 6.10 Å². The molecular weight excluding hydrogens is 230 g/mol. The van der Waals surface area contributed by atoms with Crippen LogP contribution in [0.2, 0.25) is 0 Å². The number of nitrogens with zero attached hydrogens (tertiary/aromatic N) is 1. The van der Waals surface area contributed by atoms with Gasteiger partial charge < -0.3 is 10.4 Å². The summed E-state index contributed by atoms with van der Waals surface area (Å²) in [6, 6.07) is 1.77. The summed E-state index contributed by atoms with van der Waals surface area (Å²) in [6.07, 6.45) is 0.917. The first kappa shape index (κ1) is 14.7. The number of carbonyl (C=O) groups excluding carboxylic acids is 1. The summed E-state index contributed by atoms with van der Waals surface area (Å²) in [5.41, 5.74) is 1.27. The summed E-state index contributed by atoms with van der Waals surface area (Å²) in [7, 11) is 0. The van der Waals surface area contributed by atoms with Crippen molar-refractivity contribution in [1.29, 1.82) is 0 Å². The molecule has 18 heavy (non-hydrogen) atoms. The van der Waals surface area contributed by atoms with Gasteiger partial charge in [-0.1, -0.05) is 27.7 Å². The minimum atomic E-state index is -0.352. The molecule has 1 aromatic rings. The van der Waals surface area contributed by atoms with E-state index in [0.29, 0.717) is 25.1 Å². The third-order valence-corrected chi connectivity index (χ3v) is 2.85. The van der Waals surface area contributed by atoms with Crippen LogP contribution in [-0.4, -0.2) is 33.9 Å². The van der Waals surface area contributed by atoms with Gasteiger partial charge in [-0.2, -0.15) is 5.10 Å². The molecule has 0 fully saturated rings. The average molecular weight is 253 g/mol. The first-order chi connectivity index (χ1) is 8.34. The topological polar surface area (TPSA) is 78.0 Å². The van der Waals surface area contributed by atoms with E-state index < -0.39 is 0 Å². The molecule has 0 saturated heterocycles. The zero-order valence-electron chi connectivity index (χ0n) is 11.6. The van der Waals surface area contributed by atoms with Crippen molar-refractivity contribution in [2.75, 3.05) is 6.54 Å². The standard InChI is InChI=1S/C13H23N3O2/c1-5-9(17)6-7-14-12(18)10-8-11(16-15-10)13(2,3)4/h8-9,17H,5-7H2,1-4H3,(H,14,18)(H,15,16). The molecule has 102 valence electrons. The van der Waals surface area contributed by atoms with Crippen molar-refractivity contribution >= 4 is 5.91 Å². The van der Waals surface area contributed by atoms with E-state index in [1.165, 1.54) is 0 Å². The number of H-pyrrole nitrogens is 1. The minimum absolute atomic E-state index is 0.0517. The van der Waals surface area contributed by atoms with Gasteiger partial charge in [0.15, 0.2) is 0 Å². The molecule has 0 saturated carbocycles. The number of aliphatic hydroxyl groups excluding tert-OH is 1. The maximum absolute atomic E-state index is 11.8. The fraction of sp³-hybridized carbons (Fsp3) is 0.692. The van der Waals surface area contributed by atoms with Crippen LogP contribution in [0.3, 0.4) is 0 Å². The van der Waals surface area contributed by atoms with E-state index in [0.717, 1.165) is 5.69 Å². The maximum atomic E-state index is 11.8. The third kappa shape index (κ3) is 4.14. The molecule has 0 aliphatic rings. The highest BCUT2D eigenvalue weighted by Crippen LogP contribution is 2.20. The molecule has 1 unspecified atom stereocenters. The van der Waals surface area contributed by atoms with E-state index >= 15 is 0 Å². The van der Waals surface area contributed by atoms with E-state index in [1.54, 1.807) is 6.07 Å². The SMILES string of the molecule is CCC(O)CCNC(=O)c1cc(C(C)(C)C)[nH]n1. The molecule has 1 aromatic heterocycles. The lowest BCUT2D eigenvalue weighted by atomic mass is 9.92. The Hall–Kier alpha value is -1.36. The van der Waals surface area contributed by atoms with E-state index in [9.17, 15) is 9.90 Å². The van der Waals surface area contributed by atoms with Gasteiger partial charge in [0.25, 0.3) is 5.91 Å². The summed E-state index contributed by atoms with van der Waals surface area (Å²) in [4.78, 5) is 11.8. The molecule has 5 heteroatoms. The number of rotatable bonds is 5. The molecule has 0 radical (unpaired) electrons. The Morgan fingerprint density at radius 2 is 2.22 bits per heavy atom. The third-order valence-electron chi connectivity index (χ3n) is 2.85. The summed E-state index contributed by atoms with van der Waals surface area (Å²) >= 11 is 0. The van der Waals surface area contributed by atoms with Crippen LogP contribution in [-0.2, 0) is 5.41 Å². The van der Waals surface area contributed by atoms with Crippen LogP contribution in [0.4, 0.5) is 0 Å². The lowest BCUT2D eigenvalue weighted by molar-refractivity contribution is 0.0937. The molecule has 0 aliphatic heterocycles. The Morgan fingerprint density at radius 1 is 1.56 bits per heavy atom. The molecule has 1 atom stereocenters. The lowest BCUT2D eigenvalue weighted by Gasteiger charge is -2.14. The number of aromatic nitrogens is 2. The summed E-state index contributed by atoms with van der Waals surface area (Å²) < 4.78 is 0. The highest BCUT2D eigenvalue weighted by Gasteiger charge is 2.19. The number of carbonyl (C=O) groups is 1. The van der Waals surface area contributed by atoms with E-state index in [-0.39, 0.29) is 17.4 Å². The first-order valence-electron chi connectivity index (χ1n) is 6.36. The largest absolute Gasteiger partial charge is 0.393 e. The van der Waals surface area contributed by atoms with Crippen molar-refractivity contribution in [3.05, 3.63) is 17.5 Å². The highest BCUT2D eigenvalue weighted by atomic mass is 16.3. The highest BCUT2D eigenvalue weighted by molar-refractivity contribution is 5.92. The molecule has 0 bridgehead atoms. The molecule has 1 heterocycles. The number of amides is 1. The van der Waals surface area contributed by atoms with Gasteiger partial charge in [0, 0.05) is 17.7 Å². The van der Waals surface area contributed by atoms with Crippen LogP contribution < -0.4 is 5.32 Å². The number of hydrogen-bond donors (Lipinski definition) is 3. The predicted octanol–water partition coefficient (Wildman–Crippen LogP) is 1.60. The Morgan fingerprint density at radius 3 is 2.72 bits per heavy atom. The van der Waals surface area contributed by atoms with Crippen LogP contribution in [0.15, 0.2) is 6.07 Å². The Bertz CT molecular complexity index is 393. The predicted molar refractivity (Wildman–Crippen MR) is 70.5 cm³/mol. The zero-order chi connectivity index (χ0) is 13.8. The fourth-order valence-corrected chi connectivity index (χ4v) is 1.47. The van der Waals surface area contributed by atoms with Gasteiger partial charge in [-0.05, 0) is 18.9 Å². The molecule has 1 rings (SSSR count). The first-order valence-corrected chi connectivity index (χ1v) is 6.36. The molecule has 3 N–H and O–H groups in total. The van der Waals surface area contributed by atoms with Crippen LogP contribution in [0, 0.1) is 0 Å². The quantitative estimate of drug-likeness (QED) is 0.746. The van der Waals surface area contributed by atoms with Gasteiger partial charge in [-0.25, -0.2) is 0 Å². The second-order valence-corrected chi connectivity index (χ2v) is 5.52. The van der Waals surface area contributed by atoms with Crippen molar-refractivity contribution in [2.24, 2.45) is 0 Å². The van der Waals surface area contributed by atoms with Crippen molar-refractivity contribution in [1.82, 2.24) is 15.5 Å². The molecular formula is C13H23N3O2. The van der Waals surface area contributed by atoms with Crippen molar-refractivity contribution in [3.63, 3.8) is 0 Å². The number of aromatic amines is 1. The monoisotopic (exact) mass is 253 g/mol. The van der Waals surface area contributed by atoms with E-state index in [2.05, 4.69) is 36.3 Å². The van der Waals surface area contributed by atoms with Crippen LogP contribution >= 0.6 is 0 Å². The zero-order valence-corrected chi connectivity index (χ0v) is 11.6. The van der Waals surface area contributed by atoms with Crippen molar-refractivity contribution < 1.29 is 9.90 Å². The number of nitrogens with one attached hydrogen (secondary N) is 2. The number of hydrogen-bond acceptors (Lipinski definition) is 3. The fourth-order valence-electron chi connectivity index (χ4n) is 1.47. The van der Waals surface area contributed by atoms with Crippen LogP contribution in [0.1, 0.15) is 56.7 Å². The van der Waals surface area contributed by atoms with Crippen molar-refractivity contribution in [2.45, 2.75) is 52.1 Å². The van der Waals surface area contributed by atoms with Gasteiger partial charge in [0.2, 0.25) is 0 Å². The summed E-state index contributed by atoms with van der Waals surface area (Å²) in [5.74, 6) is -0.204. The molecule has 1 amide bonds. The average Bonchev–Trinajstić information content (AvgIpc) is 2.77. The van der Waals surface area contributed by atoms with E-state index in [1.807, 2.05) is 6.92 Å². The Labute approximate surface area is 108 Å². The molecule has 0 aliphatic carbocycles. The minimum Gasteiger partial charge on any atom is -0.393 e. The van der Waals surface area contributed by atoms with E-state index in [4.69, 9.17) is 0 Å². The maximum Gasteiger partial charge on any atom is 0.271 e. The Kier molecular flexibility index (Phi) is 4.90. The lowest BCUT2D eigenvalue weighted by Crippen LogP contribution is -2.27. The second-order valence-electron chi connectivity index (χ2n) is 5.52. The second kappa shape index (κ2) is 6.00. The summed E-state index contributed by atoms with van der Waals surface area (Å²) in [6.45, 7) is 8.54. The van der Waals surface area contributed by atoms with Gasteiger partial charge >= 0.3 is 0 Å². The molecule has 5 nitrogen and oxygen atoms in total. The van der Waals surface area contributed by atoms with Crippen LogP contribution in [0.25, 0.3) is 0 Å². The van der Waals surface area contributed by atoms with Crippen molar-refractivity contribution in [3.8, 4) is 0 Å². The van der Waals surface area contributed by atoms with Gasteiger partial charge in [-0.15, -0.1) is 0 Å². The molecule has 0 aromatic carbocycles.